The van der Waals surface area contributed by atoms with Crippen molar-refractivity contribution in [3.8, 4) is 0 Å². The lowest BCUT2D eigenvalue weighted by Crippen LogP contribution is -2.25. The molecule has 29 heavy (non-hydrogen) atoms. The van der Waals surface area contributed by atoms with Crippen LogP contribution < -0.4 is 10.4 Å². The van der Waals surface area contributed by atoms with Crippen LogP contribution in [0, 0.1) is 23.6 Å². The molecule has 0 aliphatic heterocycles. The summed E-state index contributed by atoms with van der Waals surface area (Å²) in [7, 11) is 0. The highest BCUT2D eigenvalue weighted by atomic mass is 19.2. The predicted octanol–water partition coefficient (Wildman–Crippen LogP) is 6.55. The topological polar surface area (TPSA) is 0 Å². The normalized spacial score (nSPS) is 30.4. The van der Waals surface area contributed by atoms with Gasteiger partial charge in [0.25, 0.3) is 0 Å². The summed E-state index contributed by atoms with van der Waals surface area (Å²) in [6, 6.07) is 4.88. The monoisotopic (exact) mass is 404 g/mol. The summed E-state index contributed by atoms with van der Waals surface area (Å²) in [5.74, 6) is -1.96. The highest BCUT2D eigenvalue weighted by Crippen LogP contribution is 2.41. The first-order valence-electron chi connectivity index (χ1n) is 10.8. The number of allylic oxidation sites excluding steroid dienone is 4. The molecular weight excluding hydrogens is 376 g/mol. The van der Waals surface area contributed by atoms with E-state index in [1.165, 1.54) is 50.2 Å². The maximum atomic E-state index is 14.7. The lowest BCUT2D eigenvalue weighted by atomic mass is 9.70. The molecule has 3 aliphatic carbocycles. The van der Waals surface area contributed by atoms with Gasteiger partial charge in [0.1, 0.15) is 11.6 Å². The van der Waals surface area contributed by atoms with Crippen LogP contribution in [0.1, 0.15) is 64.7 Å². The summed E-state index contributed by atoms with van der Waals surface area (Å²) in [6.45, 7) is 2.35. The van der Waals surface area contributed by atoms with E-state index in [-0.39, 0.29) is 10.8 Å². The van der Waals surface area contributed by atoms with Gasteiger partial charge in [-0.2, -0.15) is 0 Å². The number of hydrogen-bond donors (Lipinski definition) is 0. The molecule has 0 bridgehead atoms. The van der Waals surface area contributed by atoms with Gasteiger partial charge in [0, 0.05) is 11.6 Å². The summed E-state index contributed by atoms with van der Waals surface area (Å²) in [5.41, 5.74) is 1.40. The minimum Gasteiger partial charge on any atom is -0.208 e. The van der Waals surface area contributed by atoms with Crippen LogP contribution >= 0.6 is 0 Å². The van der Waals surface area contributed by atoms with Crippen molar-refractivity contribution in [1.29, 1.82) is 0 Å². The van der Waals surface area contributed by atoms with E-state index >= 15 is 0 Å². The molecule has 0 N–H and O–H groups in total. The Morgan fingerprint density at radius 1 is 0.828 bits per heavy atom. The first-order chi connectivity index (χ1) is 13.9. The van der Waals surface area contributed by atoms with E-state index in [0.717, 1.165) is 41.9 Å². The highest BCUT2D eigenvalue weighted by Gasteiger charge is 2.28. The van der Waals surface area contributed by atoms with E-state index in [1.54, 1.807) is 6.07 Å². The van der Waals surface area contributed by atoms with Crippen LogP contribution in [-0.4, -0.2) is 0 Å². The largest absolute Gasteiger partial charge is 0.208 e. The second-order valence-electron chi connectivity index (χ2n) is 9.07. The van der Waals surface area contributed by atoms with Gasteiger partial charge < -0.3 is 0 Å². The fourth-order valence-electron chi connectivity index (χ4n) is 5.32. The lowest BCUT2D eigenvalue weighted by molar-refractivity contribution is 0.190. The molecule has 4 rings (SSSR count). The van der Waals surface area contributed by atoms with Crippen molar-refractivity contribution in [2.75, 3.05) is 0 Å². The van der Waals surface area contributed by atoms with Gasteiger partial charge >= 0.3 is 0 Å². The molecule has 0 aromatic heterocycles. The summed E-state index contributed by atoms with van der Waals surface area (Å²) in [4.78, 5) is 0. The lowest BCUT2D eigenvalue weighted by Gasteiger charge is -2.35. The molecule has 0 spiro atoms. The third-order valence-corrected chi connectivity index (χ3v) is 7.18. The molecule has 0 heterocycles. The Balaban J connectivity index is 1.53. The molecule has 1 aromatic rings. The quantitative estimate of drug-likeness (QED) is 0.466. The third kappa shape index (κ3) is 4.36. The second kappa shape index (κ2) is 8.49. The van der Waals surface area contributed by atoms with Crippen molar-refractivity contribution in [3.05, 3.63) is 58.0 Å². The molecule has 4 heteroatoms. The Kier molecular flexibility index (Phi) is 5.98. The van der Waals surface area contributed by atoms with Crippen molar-refractivity contribution >= 4 is 11.1 Å². The molecule has 0 amide bonds. The van der Waals surface area contributed by atoms with Gasteiger partial charge in [-0.15, -0.1) is 0 Å². The van der Waals surface area contributed by atoms with Gasteiger partial charge in [0.2, 0.25) is 0 Å². The Hall–Kier alpha value is -1.84. The Morgan fingerprint density at radius 3 is 2.10 bits per heavy atom. The molecule has 0 atom stereocenters. The average Bonchev–Trinajstić information content (AvgIpc) is 2.72. The van der Waals surface area contributed by atoms with Crippen LogP contribution in [-0.2, 0) is 0 Å². The molecule has 1 aromatic carbocycles. The average molecular weight is 404 g/mol. The van der Waals surface area contributed by atoms with Crippen LogP contribution in [0.5, 0.6) is 0 Å². The molecular formula is C25H28F4. The molecule has 0 nitrogen and oxygen atoms in total. The van der Waals surface area contributed by atoms with Gasteiger partial charge in [-0.3, -0.25) is 0 Å². The van der Waals surface area contributed by atoms with Crippen LogP contribution in [0.25, 0.3) is 11.1 Å². The molecule has 2 saturated carbocycles. The minimum absolute atomic E-state index is 0.130. The maximum Gasteiger partial charge on any atom is 0.190 e. The maximum absolute atomic E-state index is 14.7. The van der Waals surface area contributed by atoms with E-state index in [4.69, 9.17) is 0 Å². The van der Waals surface area contributed by atoms with Gasteiger partial charge in [-0.1, -0.05) is 37.5 Å². The van der Waals surface area contributed by atoms with Gasteiger partial charge in [0.05, 0.1) is 0 Å². The molecule has 0 radical (unpaired) electrons. The van der Waals surface area contributed by atoms with Crippen molar-refractivity contribution in [1.82, 2.24) is 0 Å². The standard InChI is InChI=1S/C25H28F4/c1-15-2-4-16(5-3-15)17-6-8-18(9-7-17)19-10-11-21(22(26)12-19)20-13-23(27)25(29)24(28)14-20/h10-13,15-17H,2-9,14H2,1H3/b19-18?,21-20+. The summed E-state index contributed by atoms with van der Waals surface area (Å²) in [5, 5.41) is 1.02. The summed E-state index contributed by atoms with van der Waals surface area (Å²) >= 11 is 0. The first kappa shape index (κ1) is 20.4. The van der Waals surface area contributed by atoms with E-state index in [2.05, 4.69) is 6.92 Å². The van der Waals surface area contributed by atoms with Crippen molar-refractivity contribution < 1.29 is 17.6 Å². The zero-order valence-electron chi connectivity index (χ0n) is 16.9. The molecule has 2 fully saturated rings. The van der Waals surface area contributed by atoms with Crippen molar-refractivity contribution in [2.45, 2.75) is 64.7 Å². The Bertz CT molecular complexity index is 951. The predicted molar refractivity (Wildman–Crippen MR) is 109 cm³/mol. The Labute approximate surface area is 169 Å². The zero-order valence-corrected chi connectivity index (χ0v) is 16.9. The van der Waals surface area contributed by atoms with Gasteiger partial charge in [-0.25, -0.2) is 17.6 Å². The van der Waals surface area contributed by atoms with Gasteiger partial charge in [-0.05, 0) is 79.2 Å². The van der Waals surface area contributed by atoms with E-state index in [0.29, 0.717) is 0 Å². The van der Waals surface area contributed by atoms with Crippen molar-refractivity contribution in [3.63, 3.8) is 0 Å². The molecule has 156 valence electrons. The number of halogens is 4. The third-order valence-electron chi connectivity index (χ3n) is 7.18. The van der Waals surface area contributed by atoms with E-state index in [9.17, 15) is 17.6 Å². The van der Waals surface area contributed by atoms with Crippen molar-refractivity contribution in [2.24, 2.45) is 17.8 Å². The second-order valence-corrected chi connectivity index (χ2v) is 9.07. The molecule has 0 saturated heterocycles. The number of hydrogen-bond acceptors (Lipinski definition) is 0. The van der Waals surface area contributed by atoms with E-state index in [1.807, 2.05) is 6.07 Å². The minimum atomic E-state index is -1.48. The Morgan fingerprint density at radius 2 is 1.48 bits per heavy atom. The first-order valence-corrected chi connectivity index (χ1v) is 10.8. The van der Waals surface area contributed by atoms with Crippen LogP contribution in [0.3, 0.4) is 0 Å². The van der Waals surface area contributed by atoms with E-state index < -0.39 is 29.7 Å². The SMILES string of the molecule is CC1CCC(C2CCC(=c3cc/c(=C4/C=C(F)C(F)=C(F)C4)c(F)c3)CC2)CC1. The number of rotatable bonds is 1. The summed E-state index contributed by atoms with van der Waals surface area (Å²) < 4.78 is 55.0. The molecule has 3 aliphatic rings. The highest BCUT2D eigenvalue weighted by molar-refractivity contribution is 5.64. The van der Waals surface area contributed by atoms with Crippen LogP contribution in [0.2, 0.25) is 0 Å². The fraction of sp³-hybridized carbons (Fsp3) is 0.520. The molecule has 0 unspecified atom stereocenters. The fourth-order valence-corrected chi connectivity index (χ4v) is 5.32. The van der Waals surface area contributed by atoms with Crippen LogP contribution in [0.4, 0.5) is 17.6 Å². The smallest absolute Gasteiger partial charge is 0.190 e. The van der Waals surface area contributed by atoms with Crippen LogP contribution in [0.15, 0.2) is 41.8 Å². The number of benzene rings is 1. The zero-order chi connectivity index (χ0) is 20.5. The summed E-state index contributed by atoms with van der Waals surface area (Å²) in [6.07, 6.45) is 10.2. The van der Waals surface area contributed by atoms with Gasteiger partial charge in [0.15, 0.2) is 11.7 Å².